The molecule has 4 aromatic rings. The summed E-state index contributed by atoms with van der Waals surface area (Å²) in [6, 6.07) is 8.52. The number of nitrogens with zero attached hydrogens (tertiary/aromatic N) is 2. The van der Waals surface area contributed by atoms with Crippen LogP contribution in [0.4, 0.5) is 17.6 Å². The Balaban J connectivity index is 1.60. The molecule has 0 bridgehead atoms. The Morgan fingerprint density at radius 2 is 1.90 bits per heavy atom. The van der Waals surface area contributed by atoms with Crippen molar-refractivity contribution < 1.29 is 37.0 Å². The van der Waals surface area contributed by atoms with Crippen LogP contribution in [0.2, 0.25) is 0 Å². The number of pyridine rings is 1. The number of H-pyrrole nitrogens is 1. The fraction of sp³-hybridized carbons (Fsp3) is 0.259. The van der Waals surface area contributed by atoms with Crippen LogP contribution in [0.3, 0.4) is 0 Å². The fourth-order valence-electron chi connectivity index (χ4n) is 4.62. The van der Waals surface area contributed by atoms with E-state index in [-0.39, 0.29) is 34.7 Å². The number of primary amides is 1. The number of fused-ring (bicyclic) bond motifs is 2. The first-order chi connectivity index (χ1) is 18.7. The van der Waals surface area contributed by atoms with Gasteiger partial charge in [-0.2, -0.15) is 18.3 Å². The summed E-state index contributed by atoms with van der Waals surface area (Å²) < 4.78 is 62.8. The molecular weight excluding hydrogens is 534 g/mol. The summed E-state index contributed by atoms with van der Waals surface area (Å²) in [5.41, 5.74) is 0.771. The van der Waals surface area contributed by atoms with Gasteiger partial charge in [-0.15, -0.1) is 0 Å². The SMILES string of the molecule is Cc1cc(C(=O)NCC(O)(c2cc3c(c(-c4ccc(F)cc4)n2)OC[C@]3(C)C(N)=O)C(F)(F)F)cc2cn[nH]c12. The largest absolute Gasteiger partial charge is 0.489 e. The molecule has 9 nitrogen and oxygen atoms in total. The summed E-state index contributed by atoms with van der Waals surface area (Å²) in [5.74, 6) is -2.37. The van der Waals surface area contributed by atoms with Crippen LogP contribution in [0.5, 0.6) is 5.75 Å². The van der Waals surface area contributed by atoms with Crippen LogP contribution in [0.15, 0.2) is 48.7 Å². The summed E-state index contributed by atoms with van der Waals surface area (Å²) in [5, 5.41) is 20.5. The van der Waals surface area contributed by atoms with Crippen LogP contribution in [0.1, 0.15) is 34.1 Å². The number of hydrogen-bond donors (Lipinski definition) is 4. The van der Waals surface area contributed by atoms with Crippen molar-refractivity contribution in [2.45, 2.75) is 31.0 Å². The van der Waals surface area contributed by atoms with E-state index in [9.17, 15) is 32.3 Å². The van der Waals surface area contributed by atoms with Gasteiger partial charge in [-0.3, -0.25) is 14.7 Å². The van der Waals surface area contributed by atoms with Crippen molar-refractivity contribution in [3.8, 4) is 17.0 Å². The molecule has 3 heterocycles. The van der Waals surface area contributed by atoms with E-state index in [0.29, 0.717) is 16.5 Å². The average molecular weight is 558 g/mol. The molecule has 13 heteroatoms. The van der Waals surface area contributed by atoms with Crippen LogP contribution in [0.25, 0.3) is 22.2 Å². The molecule has 40 heavy (non-hydrogen) atoms. The number of carbonyl (C=O) groups excluding carboxylic acids is 2. The minimum absolute atomic E-state index is 0.0193. The average Bonchev–Trinajstić information content (AvgIpc) is 3.52. The smallest absolute Gasteiger partial charge is 0.424 e. The molecule has 0 saturated carbocycles. The first-order valence-corrected chi connectivity index (χ1v) is 12.0. The maximum absolute atomic E-state index is 14.5. The van der Waals surface area contributed by atoms with Gasteiger partial charge in [0.15, 0.2) is 0 Å². The number of carbonyl (C=O) groups is 2. The Morgan fingerprint density at radius 1 is 1.20 bits per heavy atom. The van der Waals surface area contributed by atoms with E-state index in [4.69, 9.17) is 10.5 Å². The Bertz CT molecular complexity index is 1650. The molecule has 1 aliphatic rings. The number of nitrogens with two attached hydrogens (primary N) is 1. The summed E-state index contributed by atoms with van der Waals surface area (Å²) in [6.07, 6.45) is -3.86. The van der Waals surface area contributed by atoms with Gasteiger partial charge in [0.05, 0.1) is 24.0 Å². The number of benzene rings is 2. The van der Waals surface area contributed by atoms with Crippen molar-refractivity contribution in [1.82, 2.24) is 20.5 Å². The van der Waals surface area contributed by atoms with Crippen molar-refractivity contribution >= 4 is 22.7 Å². The number of halogens is 4. The van der Waals surface area contributed by atoms with E-state index >= 15 is 0 Å². The van der Waals surface area contributed by atoms with Crippen molar-refractivity contribution in [1.29, 1.82) is 0 Å². The van der Waals surface area contributed by atoms with E-state index in [1.54, 1.807) is 6.92 Å². The normalized spacial score (nSPS) is 18.2. The molecule has 0 saturated heterocycles. The number of alkyl halides is 3. The third-order valence-electron chi connectivity index (χ3n) is 7.14. The number of aromatic amines is 1. The summed E-state index contributed by atoms with van der Waals surface area (Å²) >= 11 is 0. The third-order valence-corrected chi connectivity index (χ3v) is 7.14. The second-order valence-corrected chi connectivity index (χ2v) is 9.89. The molecule has 1 aliphatic heterocycles. The first kappa shape index (κ1) is 27.1. The summed E-state index contributed by atoms with van der Waals surface area (Å²) in [6.45, 7) is 1.50. The summed E-state index contributed by atoms with van der Waals surface area (Å²) in [4.78, 5) is 29.3. The number of ether oxygens (including phenoxy) is 1. The molecule has 2 aromatic heterocycles. The number of hydrogen-bond acceptors (Lipinski definition) is 6. The maximum atomic E-state index is 14.5. The van der Waals surface area contributed by atoms with Crippen LogP contribution in [0, 0.1) is 12.7 Å². The Kier molecular flexibility index (Phi) is 6.29. The van der Waals surface area contributed by atoms with Gasteiger partial charge in [-0.05, 0) is 61.9 Å². The molecule has 0 radical (unpaired) electrons. The first-order valence-electron chi connectivity index (χ1n) is 12.0. The van der Waals surface area contributed by atoms with Gasteiger partial charge in [-0.25, -0.2) is 9.37 Å². The van der Waals surface area contributed by atoms with E-state index < -0.39 is 47.1 Å². The molecule has 208 valence electrons. The second kappa shape index (κ2) is 9.30. The zero-order valence-corrected chi connectivity index (χ0v) is 21.2. The molecule has 0 fully saturated rings. The van der Waals surface area contributed by atoms with Crippen LogP contribution in [-0.2, 0) is 15.8 Å². The van der Waals surface area contributed by atoms with E-state index in [0.717, 1.165) is 18.2 Å². The number of aryl methyl sites for hydroxylation is 1. The highest BCUT2D eigenvalue weighted by molar-refractivity contribution is 5.98. The van der Waals surface area contributed by atoms with Gasteiger partial charge < -0.3 is 20.9 Å². The highest BCUT2D eigenvalue weighted by Gasteiger charge is 2.57. The third kappa shape index (κ3) is 4.31. The highest BCUT2D eigenvalue weighted by atomic mass is 19.4. The highest BCUT2D eigenvalue weighted by Crippen LogP contribution is 2.47. The molecule has 2 amide bonds. The zero-order chi connectivity index (χ0) is 29.0. The minimum atomic E-state index is -5.32. The van der Waals surface area contributed by atoms with Crippen LogP contribution in [-0.4, -0.2) is 51.4 Å². The second-order valence-electron chi connectivity index (χ2n) is 9.89. The standard InChI is InChI=1S/C27H23F4N5O4/c1-13-7-15(8-16-10-34-36-20(13)16)23(37)33-11-26(39,27(29,30)31)19-9-18-22(40-12-25(18,2)24(32)38)21(35-19)14-3-5-17(28)6-4-14/h3-10,39H,11-12H2,1-2H3,(H2,32,38)(H,33,37)(H,34,36)/t25-,26?/m0/s1. The summed E-state index contributed by atoms with van der Waals surface area (Å²) in [7, 11) is 0. The molecule has 0 aliphatic carbocycles. The lowest BCUT2D eigenvalue weighted by atomic mass is 9.81. The monoisotopic (exact) mass is 557 g/mol. The number of aliphatic hydroxyl groups is 1. The van der Waals surface area contributed by atoms with Crippen LogP contribution < -0.4 is 15.8 Å². The molecular formula is C27H23F4N5O4. The van der Waals surface area contributed by atoms with Gasteiger partial charge in [0, 0.05) is 22.1 Å². The number of rotatable bonds is 6. The van der Waals surface area contributed by atoms with Crippen molar-refractivity contribution in [3.63, 3.8) is 0 Å². The number of amides is 2. The quantitative estimate of drug-likeness (QED) is 0.268. The maximum Gasteiger partial charge on any atom is 0.424 e. The van der Waals surface area contributed by atoms with Gasteiger partial charge in [0.25, 0.3) is 5.91 Å². The molecule has 2 atom stereocenters. The predicted octanol–water partition coefficient (Wildman–Crippen LogP) is 3.39. The van der Waals surface area contributed by atoms with Gasteiger partial charge in [0.2, 0.25) is 11.5 Å². The predicted molar refractivity (Wildman–Crippen MR) is 135 cm³/mol. The zero-order valence-electron chi connectivity index (χ0n) is 21.2. The Hall–Kier alpha value is -4.52. The van der Waals surface area contributed by atoms with Crippen LogP contribution >= 0.6 is 0 Å². The van der Waals surface area contributed by atoms with E-state index in [1.165, 1.54) is 37.4 Å². The van der Waals surface area contributed by atoms with Crippen molar-refractivity contribution in [2.75, 3.05) is 13.2 Å². The minimum Gasteiger partial charge on any atom is -0.489 e. The van der Waals surface area contributed by atoms with Crippen molar-refractivity contribution in [3.05, 3.63) is 76.9 Å². The van der Waals surface area contributed by atoms with Crippen molar-refractivity contribution in [2.24, 2.45) is 5.73 Å². The number of aromatic nitrogens is 3. The number of nitrogens with one attached hydrogen (secondary N) is 2. The topological polar surface area (TPSA) is 143 Å². The van der Waals surface area contributed by atoms with Gasteiger partial charge in [0.1, 0.15) is 29.3 Å². The lowest BCUT2D eigenvalue weighted by Gasteiger charge is -2.31. The Morgan fingerprint density at radius 3 is 2.55 bits per heavy atom. The molecule has 1 unspecified atom stereocenters. The van der Waals surface area contributed by atoms with Gasteiger partial charge >= 0.3 is 6.18 Å². The van der Waals surface area contributed by atoms with E-state index in [2.05, 4.69) is 20.5 Å². The van der Waals surface area contributed by atoms with E-state index in [1.807, 2.05) is 0 Å². The van der Waals surface area contributed by atoms with Gasteiger partial charge in [-0.1, -0.05) is 0 Å². The molecule has 2 aromatic carbocycles. The fourth-order valence-corrected chi connectivity index (χ4v) is 4.62. The molecule has 5 rings (SSSR count). The molecule has 0 spiro atoms. The molecule has 5 N–H and O–H groups in total. The Labute approximate surface area is 224 Å². The lowest BCUT2D eigenvalue weighted by molar-refractivity contribution is -0.265. The lowest BCUT2D eigenvalue weighted by Crippen LogP contribution is -2.51.